The lowest BCUT2D eigenvalue weighted by atomic mass is 10.2. The lowest BCUT2D eigenvalue weighted by molar-refractivity contribution is -0.0241. The number of halogens is 1. The number of nitrogens with one attached hydrogen (secondary N) is 1. The van der Waals surface area contributed by atoms with Gasteiger partial charge in [0.25, 0.3) is 0 Å². The highest BCUT2D eigenvalue weighted by Gasteiger charge is 2.12. The van der Waals surface area contributed by atoms with Crippen LogP contribution in [-0.4, -0.2) is 23.8 Å². The number of hydrogen-bond acceptors (Lipinski definition) is 4. The molecule has 0 saturated heterocycles. The fourth-order valence-electron chi connectivity index (χ4n) is 1.05. The number of nitrogens with zero attached hydrogens (tertiary/aromatic N) is 2. The normalized spacial score (nSPS) is 12.1. The van der Waals surface area contributed by atoms with Gasteiger partial charge in [0, 0.05) is 13.1 Å². The van der Waals surface area contributed by atoms with E-state index in [1.54, 1.807) is 7.05 Å². The van der Waals surface area contributed by atoms with Crippen molar-refractivity contribution in [3.05, 3.63) is 17.5 Å². The molecule has 0 aromatic carbocycles. The molecule has 0 saturated carbocycles. The number of hydrogen-bond donors (Lipinski definition) is 2. The maximum Gasteiger partial charge on any atom is 0.188 e. The Bertz CT molecular complexity index is 385. The highest BCUT2D eigenvalue weighted by Crippen LogP contribution is 2.12. The summed E-state index contributed by atoms with van der Waals surface area (Å²) in [6, 6.07) is 1.84. The molecular weight excluding hydrogens is 347 g/mol. The Morgan fingerprint density at radius 3 is 2.78 bits per heavy atom. The fraction of sp³-hybridized carbons (Fsp3) is 0.636. The smallest absolute Gasteiger partial charge is 0.188 e. The quantitative estimate of drug-likeness (QED) is 0.480. The average Bonchev–Trinajstić information content (AvgIpc) is 2.70. The van der Waals surface area contributed by atoms with Crippen LogP contribution in [0.3, 0.4) is 0 Å². The van der Waals surface area contributed by atoms with Crippen LogP contribution in [0.25, 0.3) is 0 Å². The Morgan fingerprint density at radius 2 is 2.22 bits per heavy atom. The van der Waals surface area contributed by atoms with Crippen molar-refractivity contribution in [2.75, 3.05) is 7.05 Å². The van der Waals surface area contributed by atoms with Gasteiger partial charge in [0.15, 0.2) is 11.7 Å². The molecule has 0 radical (unpaired) electrons. The van der Waals surface area contributed by atoms with Crippen LogP contribution in [0.1, 0.15) is 32.2 Å². The zero-order chi connectivity index (χ0) is 12.9. The minimum absolute atomic E-state index is 0. The van der Waals surface area contributed by atoms with E-state index in [2.05, 4.69) is 15.5 Å². The summed E-state index contributed by atoms with van der Waals surface area (Å²) in [5, 5.41) is 6.79. The van der Waals surface area contributed by atoms with E-state index in [4.69, 9.17) is 15.0 Å². The molecule has 0 aliphatic carbocycles. The minimum atomic E-state index is -0.190. The summed E-state index contributed by atoms with van der Waals surface area (Å²) in [5.74, 6) is 1.07. The predicted molar refractivity (Wildman–Crippen MR) is 80.8 cm³/mol. The van der Waals surface area contributed by atoms with Crippen LogP contribution in [0, 0.1) is 0 Å². The van der Waals surface area contributed by atoms with Crippen LogP contribution < -0.4 is 11.1 Å². The van der Waals surface area contributed by atoms with Crippen molar-refractivity contribution in [1.29, 1.82) is 0 Å². The van der Waals surface area contributed by atoms with Gasteiger partial charge in [0.05, 0.1) is 12.1 Å². The molecule has 1 rings (SSSR count). The molecule has 18 heavy (non-hydrogen) atoms. The first-order chi connectivity index (χ1) is 7.90. The van der Waals surface area contributed by atoms with E-state index >= 15 is 0 Å². The monoisotopic (exact) mass is 368 g/mol. The Labute approximate surface area is 124 Å². The van der Waals surface area contributed by atoms with E-state index in [9.17, 15) is 0 Å². The van der Waals surface area contributed by atoms with Crippen LogP contribution >= 0.6 is 24.0 Å². The van der Waals surface area contributed by atoms with Gasteiger partial charge in [-0.15, -0.1) is 24.0 Å². The molecule has 0 unspecified atom stereocenters. The average molecular weight is 368 g/mol. The summed E-state index contributed by atoms with van der Waals surface area (Å²) < 4.78 is 10.7. The van der Waals surface area contributed by atoms with Crippen LogP contribution in [0.4, 0.5) is 0 Å². The number of nitrogens with two attached hydrogens (primary N) is 1. The molecule has 0 spiro atoms. The highest BCUT2D eigenvalue weighted by atomic mass is 127. The van der Waals surface area contributed by atoms with Crippen molar-refractivity contribution in [2.45, 2.75) is 39.5 Å². The molecular formula is C11H21IN4O2. The summed E-state index contributed by atoms with van der Waals surface area (Å²) in [4.78, 5) is 3.78. The van der Waals surface area contributed by atoms with Crippen molar-refractivity contribution in [1.82, 2.24) is 10.5 Å². The zero-order valence-electron chi connectivity index (χ0n) is 11.2. The van der Waals surface area contributed by atoms with E-state index in [0.29, 0.717) is 24.9 Å². The van der Waals surface area contributed by atoms with Crippen molar-refractivity contribution < 1.29 is 9.26 Å². The van der Waals surface area contributed by atoms with E-state index in [1.807, 2.05) is 26.8 Å². The lowest BCUT2D eigenvalue weighted by Gasteiger charge is -2.17. The third-order valence-electron chi connectivity index (χ3n) is 1.95. The summed E-state index contributed by atoms with van der Waals surface area (Å²) >= 11 is 0. The second kappa shape index (κ2) is 7.57. The van der Waals surface area contributed by atoms with E-state index in [-0.39, 0.29) is 29.6 Å². The Hall–Kier alpha value is -0.830. The van der Waals surface area contributed by atoms with Crippen molar-refractivity contribution in [2.24, 2.45) is 10.7 Å². The van der Waals surface area contributed by atoms with Crippen molar-refractivity contribution in [3.8, 4) is 0 Å². The highest BCUT2D eigenvalue weighted by molar-refractivity contribution is 14.0. The second-order valence-corrected chi connectivity index (χ2v) is 4.65. The van der Waals surface area contributed by atoms with Gasteiger partial charge in [-0.3, -0.25) is 4.99 Å². The van der Waals surface area contributed by atoms with E-state index in [1.165, 1.54) is 0 Å². The van der Waals surface area contributed by atoms with Crippen LogP contribution in [0.15, 0.2) is 15.6 Å². The van der Waals surface area contributed by atoms with Crippen molar-refractivity contribution in [3.63, 3.8) is 0 Å². The SMILES string of the molecule is CN=C(N)NCc1cc(COC(C)(C)C)on1.I. The molecule has 0 amide bonds. The summed E-state index contributed by atoms with van der Waals surface area (Å²) in [5.41, 5.74) is 6.08. The van der Waals surface area contributed by atoms with Gasteiger partial charge < -0.3 is 20.3 Å². The number of aromatic nitrogens is 1. The van der Waals surface area contributed by atoms with Crippen LogP contribution in [0.2, 0.25) is 0 Å². The molecule has 1 heterocycles. The molecule has 0 fully saturated rings. The van der Waals surface area contributed by atoms with Gasteiger partial charge in [-0.2, -0.15) is 0 Å². The van der Waals surface area contributed by atoms with Gasteiger partial charge in [0.1, 0.15) is 12.3 Å². The molecule has 3 N–H and O–H groups in total. The Balaban J connectivity index is 0.00000289. The summed E-state index contributed by atoms with van der Waals surface area (Å²) in [7, 11) is 1.62. The molecule has 1 aromatic heterocycles. The van der Waals surface area contributed by atoms with Gasteiger partial charge >= 0.3 is 0 Å². The number of guanidine groups is 1. The molecule has 0 atom stereocenters. The summed E-state index contributed by atoms with van der Waals surface area (Å²) in [6.45, 7) is 6.87. The Kier molecular flexibility index (Phi) is 7.22. The van der Waals surface area contributed by atoms with E-state index < -0.39 is 0 Å². The predicted octanol–water partition coefficient (Wildman–Crippen LogP) is 1.64. The summed E-state index contributed by atoms with van der Waals surface area (Å²) in [6.07, 6.45) is 0. The Morgan fingerprint density at radius 1 is 1.56 bits per heavy atom. The zero-order valence-corrected chi connectivity index (χ0v) is 13.5. The molecule has 104 valence electrons. The maximum atomic E-state index is 5.57. The molecule has 0 aliphatic heterocycles. The molecule has 0 aliphatic rings. The third-order valence-corrected chi connectivity index (χ3v) is 1.95. The molecule has 6 nitrogen and oxygen atoms in total. The first kappa shape index (κ1) is 17.2. The first-order valence-electron chi connectivity index (χ1n) is 5.45. The van der Waals surface area contributed by atoms with Crippen LogP contribution in [0.5, 0.6) is 0 Å². The molecule has 7 heteroatoms. The lowest BCUT2D eigenvalue weighted by Crippen LogP contribution is -2.30. The van der Waals surface area contributed by atoms with Gasteiger partial charge in [-0.1, -0.05) is 5.16 Å². The maximum absolute atomic E-state index is 5.57. The fourth-order valence-corrected chi connectivity index (χ4v) is 1.05. The van der Waals surface area contributed by atoms with Crippen LogP contribution in [-0.2, 0) is 17.9 Å². The van der Waals surface area contributed by atoms with Gasteiger partial charge in [0.2, 0.25) is 0 Å². The largest absolute Gasteiger partial charge is 0.370 e. The standard InChI is InChI=1S/C11H20N4O2.HI/c1-11(2,3)16-7-9-5-8(15-17-9)6-14-10(12)13-4;/h5H,6-7H2,1-4H3,(H3,12,13,14);1H. The van der Waals surface area contributed by atoms with Crippen molar-refractivity contribution >= 4 is 29.9 Å². The first-order valence-corrected chi connectivity index (χ1v) is 5.45. The van der Waals surface area contributed by atoms with Gasteiger partial charge in [-0.05, 0) is 20.8 Å². The number of aliphatic imine (C=N–C) groups is 1. The molecule has 0 bridgehead atoms. The molecule has 1 aromatic rings. The minimum Gasteiger partial charge on any atom is -0.370 e. The third kappa shape index (κ3) is 6.80. The van der Waals surface area contributed by atoms with E-state index in [0.717, 1.165) is 5.69 Å². The second-order valence-electron chi connectivity index (χ2n) is 4.65. The van der Waals surface area contributed by atoms with Gasteiger partial charge in [-0.25, -0.2) is 0 Å². The topological polar surface area (TPSA) is 85.7 Å². The number of ether oxygens (including phenoxy) is 1. The number of rotatable bonds is 4.